The smallest absolute Gasteiger partial charge is 0.322 e. The second kappa shape index (κ2) is 3.61. The van der Waals surface area contributed by atoms with Crippen LogP contribution < -0.4 is 5.32 Å². The van der Waals surface area contributed by atoms with E-state index in [-0.39, 0.29) is 6.54 Å². The van der Waals surface area contributed by atoms with Crippen molar-refractivity contribution < 1.29 is 9.90 Å². The molecule has 0 aromatic heterocycles. The number of para-hydroxylation sites is 1. The first-order valence-corrected chi connectivity index (χ1v) is 3.30. The van der Waals surface area contributed by atoms with Crippen molar-refractivity contribution in [3.63, 3.8) is 0 Å². The summed E-state index contributed by atoms with van der Waals surface area (Å²) in [6, 6.07) is 9.23. The Kier molecular flexibility index (Phi) is 2.49. The number of hydrogen-bond donors (Lipinski definition) is 2. The lowest BCUT2D eigenvalue weighted by atomic mass is 10.3. The third-order valence-electron chi connectivity index (χ3n) is 1.22. The molecule has 0 bridgehead atoms. The molecule has 11 heavy (non-hydrogen) atoms. The van der Waals surface area contributed by atoms with Crippen molar-refractivity contribution in [2.45, 2.75) is 0 Å². The predicted octanol–water partition coefficient (Wildman–Crippen LogP) is 1.18. The Labute approximate surface area is 64.7 Å². The highest BCUT2D eigenvalue weighted by Crippen LogP contribution is 2.03. The molecule has 0 aliphatic heterocycles. The topological polar surface area (TPSA) is 49.3 Å². The first-order valence-electron chi connectivity index (χ1n) is 3.30. The van der Waals surface area contributed by atoms with Gasteiger partial charge in [0.05, 0.1) is 0 Å². The zero-order chi connectivity index (χ0) is 8.10. The summed E-state index contributed by atoms with van der Waals surface area (Å²) in [7, 11) is 0. The van der Waals surface area contributed by atoms with E-state index < -0.39 is 5.97 Å². The molecule has 58 valence electrons. The highest BCUT2D eigenvalue weighted by Gasteiger charge is 1.93. The zero-order valence-corrected chi connectivity index (χ0v) is 5.95. The van der Waals surface area contributed by atoms with Crippen molar-refractivity contribution in [1.82, 2.24) is 0 Å². The van der Waals surface area contributed by atoms with Crippen LogP contribution in [0, 0.1) is 0 Å². The highest BCUT2D eigenvalue weighted by atomic mass is 16.5. The van der Waals surface area contributed by atoms with Gasteiger partial charge in [-0.1, -0.05) is 18.2 Å². The molecule has 0 aliphatic rings. The summed E-state index contributed by atoms with van der Waals surface area (Å²) in [4.78, 5) is 10.1. The van der Waals surface area contributed by atoms with Crippen molar-refractivity contribution in [3.8, 4) is 0 Å². The fourth-order valence-electron chi connectivity index (χ4n) is 0.734. The molecule has 3 nitrogen and oxygen atoms in total. The van der Waals surface area contributed by atoms with Gasteiger partial charge in [-0.25, -0.2) is 0 Å². The van der Waals surface area contributed by atoms with Crippen molar-refractivity contribution in [3.05, 3.63) is 30.3 Å². The van der Waals surface area contributed by atoms with Crippen LogP contribution in [-0.2, 0) is 4.79 Å². The van der Waals surface area contributed by atoms with Crippen molar-refractivity contribution in [2.75, 3.05) is 11.9 Å². The Balaban J connectivity index is 2.45. The van der Waals surface area contributed by atoms with E-state index >= 15 is 0 Å². The molecule has 1 aromatic rings. The van der Waals surface area contributed by atoms with Gasteiger partial charge in [-0.2, -0.15) is 0 Å². The van der Waals surface area contributed by atoms with Gasteiger partial charge in [-0.15, -0.1) is 0 Å². The fraction of sp³-hybridized carbons (Fsp3) is 0.125. The van der Waals surface area contributed by atoms with E-state index in [1.165, 1.54) is 0 Å². The zero-order valence-electron chi connectivity index (χ0n) is 5.95. The maximum Gasteiger partial charge on any atom is 0.322 e. The summed E-state index contributed by atoms with van der Waals surface area (Å²) in [5.41, 5.74) is 0.829. The molecule has 0 unspecified atom stereocenters. The standard InChI is InChI=1S/C8H9NO2/c10-8(11)6-9-7-4-2-1-3-5-7/h1-5,9H,6H2,(H,10,11)/i6+1,8+1,9+1. The summed E-state index contributed by atoms with van der Waals surface area (Å²) in [6.07, 6.45) is 0. The van der Waals surface area contributed by atoms with Crippen LogP contribution >= 0.6 is 0 Å². The lowest BCUT2D eigenvalue weighted by Gasteiger charge is -2.00. The Morgan fingerprint density at radius 3 is 2.55 bits per heavy atom. The highest BCUT2D eigenvalue weighted by molar-refractivity contribution is 5.72. The van der Waals surface area contributed by atoms with Gasteiger partial charge in [0.15, 0.2) is 0 Å². The Bertz CT molecular complexity index is 233. The minimum Gasteiger partial charge on any atom is -0.480 e. The minimum absolute atomic E-state index is 0.0377. The summed E-state index contributed by atoms with van der Waals surface area (Å²) < 4.78 is 0. The number of benzene rings is 1. The summed E-state index contributed by atoms with van der Waals surface area (Å²) in [5.74, 6) is -0.853. The van der Waals surface area contributed by atoms with Crippen LogP contribution in [-0.4, -0.2) is 17.6 Å². The van der Waals surface area contributed by atoms with Crippen LogP contribution in [0.3, 0.4) is 0 Å². The molecule has 0 saturated carbocycles. The third kappa shape index (κ3) is 2.71. The van der Waals surface area contributed by atoms with E-state index in [1.54, 1.807) is 0 Å². The maximum absolute atomic E-state index is 10.1. The first kappa shape index (κ1) is 7.60. The van der Waals surface area contributed by atoms with Crippen LogP contribution in [0.4, 0.5) is 5.69 Å². The molecule has 0 atom stereocenters. The van der Waals surface area contributed by atoms with Crippen molar-refractivity contribution in [1.29, 1.82) is 0 Å². The Morgan fingerprint density at radius 1 is 1.36 bits per heavy atom. The molecule has 3 heteroatoms. The van der Waals surface area contributed by atoms with Gasteiger partial charge in [0, 0.05) is 5.69 Å². The third-order valence-corrected chi connectivity index (χ3v) is 1.22. The number of carbonyl (C=O) groups is 1. The molecule has 1 aromatic carbocycles. The molecule has 0 amide bonds. The number of carboxylic acid groups (broad SMARTS) is 1. The van der Waals surface area contributed by atoms with E-state index in [9.17, 15) is 4.79 Å². The second-order valence-corrected chi connectivity index (χ2v) is 2.11. The average Bonchev–Trinajstić information content (AvgIpc) is 2.03. The SMILES string of the molecule is O=[13C](O)[13CH2][15NH]c1ccccc1. The van der Waals surface area contributed by atoms with E-state index in [4.69, 9.17) is 5.11 Å². The summed E-state index contributed by atoms with van der Waals surface area (Å²) >= 11 is 0. The molecular formula is C8H9NO2. The van der Waals surface area contributed by atoms with E-state index in [0.717, 1.165) is 5.69 Å². The van der Waals surface area contributed by atoms with E-state index in [0.29, 0.717) is 0 Å². The quantitative estimate of drug-likeness (QED) is 0.507. The molecular weight excluding hydrogens is 145 g/mol. The van der Waals surface area contributed by atoms with Gasteiger partial charge >= 0.3 is 5.97 Å². The monoisotopic (exact) mass is 154 g/mol. The van der Waals surface area contributed by atoms with Gasteiger partial charge in [-0.3, -0.25) is 4.79 Å². The molecule has 0 radical (unpaired) electrons. The van der Waals surface area contributed by atoms with Crippen LogP contribution in [0.5, 0.6) is 0 Å². The number of rotatable bonds is 3. The second-order valence-electron chi connectivity index (χ2n) is 2.11. The first-order chi connectivity index (χ1) is 5.29. The largest absolute Gasteiger partial charge is 0.480 e. The predicted molar refractivity (Wildman–Crippen MR) is 42.6 cm³/mol. The molecule has 0 saturated heterocycles. The molecule has 1 rings (SSSR count). The Morgan fingerprint density at radius 2 is 2.00 bits per heavy atom. The van der Waals surface area contributed by atoms with Gasteiger partial charge in [0.2, 0.25) is 0 Å². The summed E-state index contributed by atoms with van der Waals surface area (Å²) in [6.45, 7) is -0.0377. The number of nitrogens with one attached hydrogen (secondary N) is 1. The van der Waals surface area contributed by atoms with Crippen LogP contribution in [0.2, 0.25) is 0 Å². The van der Waals surface area contributed by atoms with Gasteiger partial charge in [0.1, 0.15) is 6.54 Å². The maximum atomic E-state index is 10.1. The molecule has 0 heterocycles. The van der Waals surface area contributed by atoms with Crippen LogP contribution in [0.25, 0.3) is 0 Å². The van der Waals surface area contributed by atoms with E-state index in [2.05, 4.69) is 5.32 Å². The number of hydrogen-bond acceptors (Lipinski definition) is 2. The average molecular weight is 154 g/mol. The lowest BCUT2D eigenvalue weighted by Crippen LogP contribution is -2.11. The van der Waals surface area contributed by atoms with Gasteiger partial charge in [0.25, 0.3) is 0 Å². The fourth-order valence-corrected chi connectivity index (χ4v) is 0.734. The normalized spacial score (nSPS) is 9.09. The number of anilines is 1. The summed E-state index contributed by atoms with van der Waals surface area (Å²) in [5, 5.41) is 11.1. The van der Waals surface area contributed by atoms with E-state index in [1.807, 2.05) is 30.3 Å². The molecule has 2 N–H and O–H groups in total. The Hall–Kier alpha value is -1.51. The number of aliphatic carboxylic acids is 1. The van der Waals surface area contributed by atoms with Crippen molar-refractivity contribution in [2.24, 2.45) is 0 Å². The van der Waals surface area contributed by atoms with Crippen molar-refractivity contribution >= 4 is 11.7 Å². The van der Waals surface area contributed by atoms with Gasteiger partial charge in [-0.05, 0) is 12.1 Å². The molecule has 0 aliphatic carbocycles. The lowest BCUT2D eigenvalue weighted by molar-refractivity contribution is -0.134. The van der Waals surface area contributed by atoms with Gasteiger partial charge < -0.3 is 10.4 Å². The number of carboxylic acids is 1. The minimum atomic E-state index is -0.853. The van der Waals surface area contributed by atoms with Crippen LogP contribution in [0.15, 0.2) is 30.3 Å². The molecule has 0 fully saturated rings. The van der Waals surface area contributed by atoms with Crippen LogP contribution in [0.1, 0.15) is 0 Å². The molecule has 0 spiro atoms.